The van der Waals surface area contributed by atoms with Crippen LogP contribution in [-0.4, -0.2) is 71.9 Å². The number of fused-ring (bicyclic) bond motifs is 1. The number of benzene rings is 2. The van der Waals surface area contributed by atoms with Crippen molar-refractivity contribution >= 4 is 60.8 Å². The van der Waals surface area contributed by atoms with Crippen LogP contribution in [0.2, 0.25) is 0 Å². The minimum Gasteiger partial charge on any atom is -0.494 e. The van der Waals surface area contributed by atoms with Gasteiger partial charge in [-0.15, -0.1) is 11.3 Å². The van der Waals surface area contributed by atoms with Crippen molar-refractivity contribution in [2.24, 2.45) is 10.7 Å². The fraction of sp³-hybridized carbons (Fsp3) is 0.258. The van der Waals surface area contributed by atoms with Crippen molar-refractivity contribution in [1.82, 2.24) is 14.9 Å². The Morgan fingerprint density at radius 1 is 1.14 bits per heavy atom. The Kier molecular flexibility index (Phi) is 10.6. The van der Waals surface area contributed by atoms with Crippen LogP contribution in [-0.2, 0) is 6.42 Å². The molecule has 0 fully saturated rings. The van der Waals surface area contributed by atoms with Crippen molar-refractivity contribution in [3.8, 4) is 17.6 Å². The van der Waals surface area contributed by atoms with Gasteiger partial charge in [0.1, 0.15) is 17.4 Å². The number of rotatable bonds is 11. The highest BCUT2D eigenvalue weighted by molar-refractivity contribution is 7.22. The molecule has 0 saturated heterocycles. The van der Waals surface area contributed by atoms with E-state index in [1.165, 1.54) is 27.6 Å². The van der Waals surface area contributed by atoms with Crippen molar-refractivity contribution in [3.63, 3.8) is 0 Å². The molecule has 0 aliphatic rings. The molecule has 0 saturated carbocycles. The number of carboxylic acid groups (broad SMARTS) is 1. The Morgan fingerprint density at radius 2 is 1.88 bits per heavy atom. The van der Waals surface area contributed by atoms with Gasteiger partial charge in [-0.2, -0.15) is 0 Å². The number of nitrogens with one attached hydrogen (secondary N) is 1. The number of aromatic nitrogens is 2. The lowest BCUT2D eigenvalue weighted by molar-refractivity contribution is 0.0690. The highest BCUT2D eigenvalue weighted by Gasteiger charge is 2.20. The molecule has 4 aromatic rings. The van der Waals surface area contributed by atoms with E-state index in [1.807, 2.05) is 67.5 Å². The van der Waals surface area contributed by atoms with Crippen LogP contribution in [0.4, 0.5) is 10.3 Å². The van der Waals surface area contributed by atoms with Gasteiger partial charge in [0.05, 0.1) is 23.4 Å². The molecule has 0 aliphatic carbocycles. The Balaban J connectivity index is 1.35. The maximum absolute atomic E-state index is 11.9. The second-order valence-electron chi connectivity index (χ2n) is 9.82. The molecule has 0 spiro atoms. The average Bonchev–Trinajstić information content (AvgIpc) is 3.59. The first-order valence-electron chi connectivity index (χ1n) is 13.4. The smallest absolute Gasteiger partial charge is 0.355 e. The molecular weight excluding hydrogens is 583 g/mol. The van der Waals surface area contributed by atoms with Gasteiger partial charge in [0.25, 0.3) is 0 Å². The third kappa shape index (κ3) is 8.71. The molecule has 0 unspecified atom stereocenters. The number of hydrogen-bond acceptors (Lipinski definition) is 9. The summed E-state index contributed by atoms with van der Waals surface area (Å²) in [4.78, 5) is 29.3. The number of carbonyl (C=O) groups is 1. The van der Waals surface area contributed by atoms with Gasteiger partial charge < -0.3 is 20.5 Å². The Hall–Kier alpha value is -4.57. The zero-order valence-electron chi connectivity index (χ0n) is 24.4. The molecule has 2 aromatic heterocycles. The number of ether oxygens (including phenoxy) is 1. The SMILES string of the molecule is C/C(=C/C(=N)N(C)c1nc(C(=O)O)c(CCCOc2ccc(C#CCN(C)C)cc2)s1)C(N)=Nc1nc2ccccc2s1. The number of nitrogens with zero attached hydrogens (tertiary/aromatic N) is 5. The normalized spacial score (nSPS) is 11.8. The Labute approximate surface area is 258 Å². The molecular formula is C31H33N7O3S2. The quantitative estimate of drug-likeness (QED) is 0.0879. The lowest BCUT2D eigenvalue weighted by atomic mass is 10.2. The first-order valence-corrected chi connectivity index (χ1v) is 15.0. The van der Waals surface area contributed by atoms with Gasteiger partial charge in [0.15, 0.2) is 10.8 Å². The van der Waals surface area contributed by atoms with Crippen LogP contribution in [0.25, 0.3) is 10.2 Å². The fourth-order valence-corrected chi connectivity index (χ4v) is 5.67. The molecule has 43 heavy (non-hydrogen) atoms. The molecule has 0 amide bonds. The molecule has 4 N–H and O–H groups in total. The summed E-state index contributed by atoms with van der Waals surface area (Å²) >= 11 is 2.68. The van der Waals surface area contributed by atoms with Gasteiger partial charge in [-0.25, -0.2) is 19.8 Å². The molecule has 2 heterocycles. The monoisotopic (exact) mass is 615 g/mol. The summed E-state index contributed by atoms with van der Waals surface area (Å²) in [5.74, 6) is 6.17. The minimum atomic E-state index is -1.11. The van der Waals surface area contributed by atoms with E-state index in [9.17, 15) is 9.90 Å². The van der Waals surface area contributed by atoms with Crippen LogP contribution in [0.15, 0.2) is 65.2 Å². The van der Waals surface area contributed by atoms with Gasteiger partial charge in [0.2, 0.25) is 5.13 Å². The largest absolute Gasteiger partial charge is 0.494 e. The van der Waals surface area contributed by atoms with E-state index < -0.39 is 5.97 Å². The van der Waals surface area contributed by atoms with E-state index in [1.54, 1.807) is 20.0 Å². The second kappa shape index (κ2) is 14.6. The summed E-state index contributed by atoms with van der Waals surface area (Å²) < 4.78 is 6.86. The highest BCUT2D eigenvalue weighted by atomic mass is 32.1. The predicted octanol–water partition coefficient (Wildman–Crippen LogP) is 5.42. The zero-order chi connectivity index (χ0) is 30.9. The first kappa shape index (κ1) is 31.4. The Bertz CT molecular complexity index is 1690. The molecule has 222 valence electrons. The van der Waals surface area contributed by atoms with E-state index in [4.69, 9.17) is 15.9 Å². The summed E-state index contributed by atoms with van der Waals surface area (Å²) in [6, 6.07) is 15.3. The topological polar surface area (TPSA) is 141 Å². The van der Waals surface area contributed by atoms with Crippen LogP contribution in [0.3, 0.4) is 0 Å². The molecule has 12 heteroatoms. The fourth-order valence-electron chi connectivity index (χ4n) is 3.75. The van der Waals surface area contributed by atoms with Crippen molar-refractivity contribution in [2.45, 2.75) is 19.8 Å². The van der Waals surface area contributed by atoms with Crippen molar-refractivity contribution < 1.29 is 14.6 Å². The summed E-state index contributed by atoms with van der Waals surface area (Å²) in [6.07, 6.45) is 2.65. The number of amidine groups is 2. The molecule has 0 radical (unpaired) electrons. The second-order valence-corrected chi connectivity index (χ2v) is 11.9. The van der Waals surface area contributed by atoms with Crippen molar-refractivity contribution in [3.05, 3.63) is 76.3 Å². The number of thiazole rings is 2. The third-order valence-electron chi connectivity index (χ3n) is 6.09. The van der Waals surface area contributed by atoms with Gasteiger partial charge >= 0.3 is 5.97 Å². The predicted molar refractivity (Wildman–Crippen MR) is 176 cm³/mol. The van der Waals surface area contributed by atoms with Crippen molar-refractivity contribution in [1.29, 1.82) is 5.41 Å². The van der Waals surface area contributed by atoms with Crippen molar-refractivity contribution in [2.75, 3.05) is 39.2 Å². The maximum atomic E-state index is 11.9. The van der Waals surface area contributed by atoms with Gasteiger partial charge in [-0.3, -0.25) is 10.3 Å². The summed E-state index contributed by atoms with van der Waals surface area (Å²) in [5, 5.41) is 19.2. The molecule has 4 rings (SSSR count). The number of nitrogens with two attached hydrogens (primary N) is 1. The number of aliphatic imine (C=N–C) groups is 1. The number of likely N-dealkylation sites (N-methyl/N-ethyl adjacent to an activating group) is 1. The number of hydrogen-bond donors (Lipinski definition) is 3. The maximum Gasteiger partial charge on any atom is 0.355 e. The molecule has 10 nitrogen and oxygen atoms in total. The number of aromatic carboxylic acids is 1. The van der Waals surface area contributed by atoms with Crippen LogP contribution < -0.4 is 15.4 Å². The van der Waals surface area contributed by atoms with E-state index in [2.05, 4.69) is 26.8 Å². The first-order chi connectivity index (χ1) is 20.6. The third-order valence-corrected chi connectivity index (χ3v) is 8.21. The van der Waals surface area contributed by atoms with E-state index >= 15 is 0 Å². The number of aryl methyl sites for hydroxylation is 1. The van der Waals surface area contributed by atoms with Crippen LogP contribution >= 0.6 is 22.7 Å². The zero-order valence-corrected chi connectivity index (χ0v) is 26.1. The van der Waals surface area contributed by atoms with E-state index in [0.717, 1.165) is 21.5 Å². The number of para-hydroxylation sites is 1. The van der Waals surface area contributed by atoms with Crippen LogP contribution in [0, 0.1) is 17.3 Å². The minimum absolute atomic E-state index is 0.0158. The summed E-state index contributed by atoms with van der Waals surface area (Å²) in [6.45, 7) is 2.87. The number of carboxylic acids is 1. The van der Waals surface area contributed by atoms with Crippen LogP contribution in [0.5, 0.6) is 5.75 Å². The van der Waals surface area contributed by atoms with Gasteiger partial charge in [-0.1, -0.05) is 35.3 Å². The summed E-state index contributed by atoms with van der Waals surface area (Å²) in [7, 11) is 5.61. The van der Waals surface area contributed by atoms with E-state index in [0.29, 0.717) is 46.7 Å². The highest BCUT2D eigenvalue weighted by Crippen LogP contribution is 2.29. The number of anilines is 1. The Morgan fingerprint density at radius 3 is 2.58 bits per heavy atom. The molecule has 0 aliphatic heterocycles. The van der Waals surface area contributed by atoms with E-state index in [-0.39, 0.29) is 17.4 Å². The molecule has 0 bridgehead atoms. The van der Waals surface area contributed by atoms with Gasteiger partial charge in [0, 0.05) is 17.5 Å². The van der Waals surface area contributed by atoms with Crippen LogP contribution in [0.1, 0.15) is 34.3 Å². The molecule has 2 aromatic carbocycles. The summed E-state index contributed by atoms with van der Waals surface area (Å²) in [5.41, 5.74) is 8.53. The lowest BCUT2D eigenvalue weighted by Crippen LogP contribution is -2.25. The average molecular weight is 616 g/mol. The molecule has 0 atom stereocenters. The van der Waals surface area contributed by atoms with Gasteiger partial charge in [-0.05, 0) is 81.9 Å². The lowest BCUT2D eigenvalue weighted by Gasteiger charge is -2.14. The standard InChI is InChI=1S/C31H33N7O3S2/c1-20(28(33)36-30-34-23-10-5-6-11-24(23)42-30)19-26(32)38(4)31-35-27(29(39)40)25(43-31)12-8-18-41-22-15-13-21(14-16-22)9-7-17-37(2)3/h5-6,10-11,13-16,19,32H,8,12,17-18H2,1-4H3,(H,39,40)(H2,33,34,36)/b20-19-,32-26?.